The van der Waals surface area contributed by atoms with Crippen LogP contribution in [0.3, 0.4) is 0 Å². The Balaban J connectivity index is 0.00000312. The molecule has 1 fully saturated rings. The number of piperazine rings is 1. The number of H-pyrrole nitrogens is 1. The van der Waals surface area contributed by atoms with Gasteiger partial charge in [-0.3, -0.25) is 4.79 Å². The Morgan fingerprint density at radius 3 is 2.50 bits per heavy atom. The summed E-state index contributed by atoms with van der Waals surface area (Å²) >= 11 is 0. The Morgan fingerprint density at radius 1 is 0.909 bits per heavy atom. The summed E-state index contributed by atoms with van der Waals surface area (Å²) in [5.41, 5.74) is 11.9. The normalized spacial score (nSPS) is 17.5. The van der Waals surface area contributed by atoms with E-state index < -0.39 is 0 Å². The summed E-state index contributed by atoms with van der Waals surface area (Å²) in [6.45, 7) is 12.3. The summed E-state index contributed by atoms with van der Waals surface area (Å²) in [5, 5.41) is 4.39. The van der Waals surface area contributed by atoms with Gasteiger partial charge >= 0.3 is 0 Å². The second-order valence-corrected chi connectivity index (χ2v) is 13.0. The first-order valence-corrected chi connectivity index (χ1v) is 15.4. The van der Waals surface area contributed by atoms with Crippen LogP contribution in [0.4, 0.5) is 11.4 Å². The van der Waals surface area contributed by atoms with Gasteiger partial charge in [-0.25, -0.2) is 9.97 Å². The fourth-order valence-corrected chi connectivity index (χ4v) is 7.40. The molecule has 5 aromatic rings. The van der Waals surface area contributed by atoms with Crippen molar-refractivity contribution >= 4 is 40.7 Å². The highest BCUT2D eigenvalue weighted by Crippen LogP contribution is 2.41. The Bertz CT molecular complexity index is 1880. The van der Waals surface area contributed by atoms with Gasteiger partial charge in [-0.1, -0.05) is 38.1 Å². The molecule has 3 aromatic heterocycles. The predicted octanol–water partition coefficient (Wildman–Crippen LogP) is 6.02. The first kappa shape index (κ1) is 28.6. The number of nitrogens with one attached hydrogen (secondary N) is 2. The van der Waals surface area contributed by atoms with Gasteiger partial charge in [0.1, 0.15) is 17.7 Å². The topological polar surface area (TPSA) is 82.1 Å². The molecular formula is C35H38ClN7O. The lowest BCUT2D eigenvalue weighted by atomic mass is 9.90. The molecule has 3 aliphatic rings. The number of anilines is 2. The van der Waals surface area contributed by atoms with Crippen molar-refractivity contribution in [1.29, 1.82) is 0 Å². The number of rotatable bonds is 4. The molecule has 8 nitrogen and oxygen atoms in total. The minimum Gasteiger partial charge on any atom is -0.369 e. The highest BCUT2D eigenvalue weighted by Gasteiger charge is 2.37. The summed E-state index contributed by atoms with van der Waals surface area (Å²) in [4.78, 5) is 31.1. The second-order valence-electron chi connectivity index (χ2n) is 13.0. The van der Waals surface area contributed by atoms with E-state index in [1.54, 1.807) is 6.33 Å². The largest absolute Gasteiger partial charge is 0.369 e. The number of carbonyl (C=O) groups is 1. The minimum atomic E-state index is 0. The molecule has 0 radical (unpaired) electrons. The molecule has 44 heavy (non-hydrogen) atoms. The van der Waals surface area contributed by atoms with E-state index in [-0.39, 0.29) is 23.7 Å². The molecule has 1 aliphatic carbocycles. The molecule has 0 unspecified atom stereocenters. The van der Waals surface area contributed by atoms with E-state index in [1.807, 2.05) is 11.0 Å². The van der Waals surface area contributed by atoms with Crippen LogP contribution in [0.1, 0.15) is 41.2 Å². The molecule has 2 aliphatic heterocycles. The van der Waals surface area contributed by atoms with E-state index in [9.17, 15) is 4.79 Å². The third kappa shape index (κ3) is 4.68. The van der Waals surface area contributed by atoms with Gasteiger partial charge in [-0.15, -0.1) is 12.4 Å². The Labute approximate surface area is 263 Å². The van der Waals surface area contributed by atoms with Crippen molar-refractivity contribution in [3.8, 4) is 22.5 Å². The van der Waals surface area contributed by atoms with Gasteiger partial charge in [0.05, 0.1) is 5.69 Å². The predicted molar refractivity (Wildman–Crippen MR) is 179 cm³/mol. The molecule has 5 heterocycles. The molecular weight excluding hydrogens is 570 g/mol. The maximum Gasteiger partial charge on any atom is 0.274 e. The lowest BCUT2D eigenvalue weighted by Gasteiger charge is -2.31. The van der Waals surface area contributed by atoms with E-state index in [0.717, 1.165) is 96.1 Å². The molecule has 0 atom stereocenters. The van der Waals surface area contributed by atoms with Crippen LogP contribution in [0.25, 0.3) is 33.5 Å². The van der Waals surface area contributed by atoms with Gasteiger partial charge < -0.3 is 24.7 Å². The van der Waals surface area contributed by atoms with Crippen molar-refractivity contribution in [3.05, 3.63) is 83.4 Å². The van der Waals surface area contributed by atoms with Crippen LogP contribution in [0.15, 0.2) is 60.9 Å². The van der Waals surface area contributed by atoms with Crippen LogP contribution in [-0.2, 0) is 19.4 Å². The van der Waals surface area contributed by atoms with Crippen LogP contribution >= 0.6 is 12.4 Å². The highest BCUT2D eigenvalue weighted by molar-refractivity contribution is 6.07. The second kappa shape index (κ2) is 10.8. The summed E-state index contributed by atoms with van der Waals surface area (Å²) < 4.78 is 2.27. The van der Waals surface area contributed by atoms with Gasteiger partial charge in [0.25, 0.3) is 5.91 Å². The van der Waals surface area contributed by atoms with Gasteiger partial charge in [0.2, 0.25) is 0 Å². The molecule has 1 amide bonds. The number of nitrogens with zero attached hydrogens (tertiary/aromatic N) is 5. The zero-order valence-electron chi connectivity index (χ0n) is 25.5. The van der Waals surface area contributed by atoms with E-state index in [1.165, 1.54) is 16.9 Å². The van der Waals surface area contributed by atoms with Crippen LogP contribution in [-0.4, -0.2) is 58.1 Å². The Hall–Kier alpha value is -4.14. The maximum atomic E-state index is 13.9. The van der Waals surface area contributed by atoms with Gasteiger partial charge in [0.15, 0.2) is 0 Å². The Kier molecular flexibility index (Phi) is 7.02. The molecule has 2 N–H and O–H groups in total. The lowest BCUT2D eigenvalue weighted by molar-refractivity contribution is 0.0964. The number of benzene rings is 2. The number of amides is 1. The van der Waals surface area contributed by atoms with E-state index in [0.29, 0.717) is 6.54 Å². The first-order valence-electron chi connectivity index (χ1n) is 15.4. The average molecular weight is 608 g/mol. The maximum absolute atomic E-state index is 13.9. The van der Waals surface area contributed by atoms with Crippen molar-refractivity contribution in [2.45, 2.75) is 40.2 Å². The summed E-state index contributed by atoms with van der Waals surface area (Å²) in [6.07, 6.45) is 3.69. The first-order chi connectivity index (χ1) is 20.9. The van der Waals surface area contributed by atoms with Gasteiger partial charge in [0, 0.05) is 73.0 Å². The molecule has 2 aromatic carbocycles. The Morgan fingerprint density at radius 2 is 1.70 bits per heavy atom. The van der Waals surface area contributed by atoms with Crippen molar-refractivity contribution in [2.24, 2.45) is 5.41 Å². The van der Waals surface area contributed by atoms with Crippen molar-refractivity contribution < 1.29 is 4.79 Å². The standard InChI is InChI=1S/C35H37N7O.ClH/c1-22-26(5-4-6-29(22)42-16-15-41-30(34(42)43)17-24-19-35(2,3)20-31(24)41)32-27-18-28(39-33(27)38-21-37-32)23-7-9-25(10-8-23)40-13-11-36-12-14-40;/h4-10,17-18,21,36H,11-16,19-20H2,1-3H3,(H,37,38,39);1H. The fourth-order valence-electron chi connectivity index (χ4n) is 7.40. The van der Waals surface area contributed by atoms with Crippen molar-refractivity contribution in [2.75, 3.05) is 42.5 Å². The van der Waals surface area contributed by atoms with E-state index in [4.69, 9.17) is 4.98 Å². The zero-order chi connectivity index (χ0) is 29.3. The SMILES string of the molecule is Cc1c(-c2ncnc3[nH]c(-c4ccc(N5CCNCC5)cc4)cc23)cccc1N1CCn2c(cc3c2CC(C)(C)C3)C1=O.Cl. The molecule has 0 spiro atoms. The third-order valence-corrected chi connectivity index (χ3v) is 9.56. The molecule has 0 bridgehead atoms. The van der Waals surface area contributed by atoms with E-state index in [2.05, 4.69) is 94.1 Å². The van der Waals surface area contributed by atoms with Crippen LogP contribution in [0.2, 0.25) is 0 Å². The number of carbonyl (C=O) groups excluding carboxylic acids is 1. The number of fused-ring (bicyclic) bond motifs is 4. The molecule has 1 saturated heterocycles. The van der Waals surface area contributed by atoms with Gasteiger partial charge in [-0.05, 0) is 72.2 Å². The number of hydrogen-bond acceptors (Lipinski definition) is 5. The van der Waals surface area contributed by atoms with Crippen molar-refractivity contribution in [3.63, 3.8) is 0 Å². The van der Waals surface area contributed by atoms with Crippen LogP contribution < -0.4 is 15.1 Å². The summed E-state index contributed by atoms with van der Waals surface area (Å²) in [5.74, 6) is 0.0831. The average Bonchev–Trinajstić information content (AvgIpc) is 3.69. The molecule has 0 saturated carbocycles. The zero-order valence-corrected chi connectivity index (χ0v) is 26.3. The molecule has 226 valence electrons. The monoisotopic (exact) mass is 607 g/mol. The molecule has 8 rings (SSSR count). The van der Waals surface area contributed by atoms with Crippen molar-refractivity contribution in [1.82, 2.24) is 24.8 Å². The number of aromatic nitrogens is 4. The van der Waals surface area contributed by atoms with Crippen LogP contribution in [0.5, 0.6) is 0 Å². The van der Waals surface area contributed by atoms with E-state index >= 15 is 0 Å². The number of hydrogen-bond donors (Lipinski definition) is 2. The highest BCUT2D eigenvalue weighted by atomic mass is 35.5. The van der Waals surface area contributed by atoms with Gasteiger partial charge in [-0.2, -0.15) is 0 Å². The lowest BCUT2D eigenvalue weighted by Crippen LogP contribution is -2.43. The third-order valence-electron chi connectivity index (χ3n) is 9.56. The molecule has 9 heteroatoms. The number of aromatic amines is 1. The number of halogens is 1. The quantitative estimate of drug-likeness (QED) is 0.261. The smallest absolute Gasteiger partial charge is 0.274 e. The van der Waals surface area contributed by atoms with Crippen LogP contribution in [0, 0.1) is 12.3 Å². The summed E-state index contributed by atoms with van der Waals surface area (Å²) in [7, 11) is 0. The fraction of sp³-hybridized carbons (Fsp3) is 0.343. The minimum absolute atomic E-state index is 0. The summed E-state index contributed by atoms with van der Waals surface area (Å²) in [6, 6.07) is 19.3.